The molecule has 1 saturated heterocycles. The summed E-state index contributed by atoms with van der Waals surface area (Å²) >= 11 is 0. The zero-order chi connectivity index (χ0) is 12.5. The number of aryl methyl sites for hydroxylation is 3. The number of hydrogen-bond donors (Lipinski definition) is 1. The lowest BCUT2D eigenvalue weighted by atomic mass is 9.88. The minimum absolute atomic E-state index is 0.355. The van der Waals surface area contributed by atoms with E-state index in [1.165, 1.54) is 22.3 Å². The van der Waals surface area contributed by atoms with Crippen LogP contribution in [0.2, 0.25) is 0 Å². The summed E-state index contributed by atoms with van der Waals surface area (Å²) in [6.45, 7) is 12.6. The summed E-state index contributed by atoms with van der Waals surface area (Å²) in [5, 5.41) is 3.55. The smallest absolute Gasteiger partial charge is 0.0554 e. The third kappa shape index (κ3) is 2.88. The summed E-state index contributed by atoms with van der Waals surface area (Å²) in [6, 6.07) is 4.58. The molecular formula is C15H23NO. The van der Waals surface area contributed by atoms with Crippen molar-refractivity contribution >= 4 is 0 Å². The second kappa shape index (κ2) is 4.79. The van der Waals surface area contributed by atoms with Gasteiger partial charge in [0.15, 0.2) is 0 Å². The van der Waals surface area contributed by atoms with Crippen LogP contribution in [0.1, 0.15) is 29.2 Å². The Hall–Kier alpha value is -0.860. The van der Waals surface area contributed by atoms with Gasteiger partial charge in [0.05, 0.1) is 13.2 Å². The molecule has 1 heterocycles. The molecule has 1 aromatic rings. The molecule has 0 saturated carbocycles. The molecule has 1 aromatic carbocycles. The lowest BCUT2D eigenvalue weighted by molar-refractivity contribution is -0.0991. The maximum Gasteiger partial charge on any atom is 0.0554 e. The Labute approximate surface area is 104 Å². The van der Waals surface area contributed by atoms with Gasteiger partial charge in [0.1, 0.15) is 0 Å². The molecule has 0 spiro atoms. The normalized spacial score (nSPS) is 17.9. The van der Waals surface area contributed by atoms with Crippen molar-refractivity contribution in [2.75, 3.05) is 19.8 Å². The quantitative estimate of drug-likeness (QED) is 0.863. The second-order valence-electron chi connectivity index (χ2n) is 5.77. The third-order valence-electron chi connectivity index (χ3n) is 3.72. The Bertz CT molecular complexity index is 408. The van der Waals surface area contributed by atoms with Crippen LogP contribution in [0.15, 0.2) is 12.1 Å². The highest BCUT2D eigenvalue weighted by Crippen LogP contribution is 2.25. The maximum atomic E-state index is 5.26. The molecule has 17 heavy (non-hydrogen) atoms. The van der Waals surface area contributed by atoms with Gasteiger partial charge in [-0.3, -0.25) is 0 Å². The topological polar surface area (TPSA) is 21.3 Å². The lowest BCUT2D eigenvalue weighted by Crippen LogP contribution is -2.47. The molecule has 94 valence electrons. The van der Waals surface area contributed by atoms with Gasteiger partial charge in [-0.15, -0.1) is 0 Å². The zero-order valence-electron chi connectivity index (χ0n) is 11.4. The van der Waals surface area contributed by atoms with Gasteiger partial charge in [-0.25, -0.2) is 0 Å². The number of ether oxygens (including phenoxy) is 1. The zero-order valence-corrected chi connectivity index (χ0v) is 11.4. The predicted molar refractivity (Wildman–Crippen MR) is 71.3 cm³/mol. The Morgan fingerprint density at radius 3 is 2.35 bits per heavy atom. The minimum atomic E-state index is 0.355. The summed E-state index contributed by atoms with van der Waals surface area (Å²) in [6.07, 6.45) is 0. The minimum Gasteiger partial charge on any atom is -0.380 e. The number of nitrogens with one attached hydrogen (secondary N) is 1. The van der Waals surface area contributed by atoms with E-state index in [0.29, 0.717) is 5.41 Å². The highest BCUT2D eigenvalue weighted by Gasteiger charge is 2.32. The Morgan fingerprint density at radius 1 is 1.12 bits per heavy atom. The van der Waals surface area contributed by atoms with Crippen molar-refractivity contribution < 1.29 is 4.74 Å². The molecular weight excluding hydrogens is 210 g/mol. The van der Waals surface area contributed by atoms with Crippen LogP contribution in [0.3, 0.4) is 0 Å². The van der Waals surface area contributed by atoms with E-state index in [2.05, 4.69) is 45.1 Å². The molecule has 0 amide bonds. The average molecular weight is 233 g/mol. The largest absolute Gasteiger partial charge is 0.380 e. The first kappa shape index (κ1) is 12.6. The van der Waals surface area contributed by atoms with Gasteiger partial charge in [-0.1, -0.05) is 19.1 Å². The van der Waals surface area contributed by atoms with Gasteiger partial charge in [-0.05, 0) is 43.0 Å². The molecule has 2 rings (SSSR count). The second-order valence-corrected chi connectivity index (χ2v) is 5.77. The first-order valence-corrected chi connectivity index (χ1v) is 6.35. The molecule has 1 fully saturated rings. The van der Waals surface area contributed by atoms with Crippen molar-refractivity contribution in [2.45, 2.75) is 34.2 Å². The van der Waals surface area contributed by atoms with E-state index in [4.69, 9.17) is 4.74 Å². The first-order valence-electron chi connectivity index (χ1n) is 6.35. The van der Waals surface area contributed by atoms with E-state index in [1.807, 2.05) is 0 Å². The SMILES string of the molecule is Cc1cc(C)c(CNCC2(C)COC2)cc1C. The molecule has 2 heteroatoms. The Morgan fingerprint density at radius 2 is 1.76 bits per heavy atom. The molecule has 0 unspecified atom stereocenters. The van der Waals surface area contributed by atoms with Crippen molar-refractivity contribution in [2.24, 2.45) is 5.41 Å². The molecule has 0 atom stereocenters. The Kier molecular flexibility index (Phi) is 3.55. The van der Waals surface area contributed by atoms with Crippen molar-refractivity contribution in [1.82, 2.24) is 5.32 Å². The van der Waals surface area contributed by atoms with Gasteiger partial charge in [0, 0.05) is 18.5 Å². The standard InChI is InChI=1S/C15H23NO/c1-11-5-13(3)14(6-12(11)2)7-16-8-15(4)9-17-10-15/h5-6,16H,7-10H2,1-4H3. The van der Waals surface area contributed by atoms with Gasteiger partial charge >= 0.3 is 0 Å². The van der Waals surface area contributed by atoms with Crippen LogP contribution in [0.4, 0.5) is 0 Å². The molecule has 0 aliphatic carbocycles. The van der Waals surface area contributed by atoms with E-state index < -0.39 is 0 Å². The van der Waals surface area contributed by atoms with E-state index in [9.17, 15) is 0 Å². The highest BCUT2D eigenvalue weighted by atomic mass is 16.5. The number of rotatable bonds is 4. The van der Waals surface area contributed by atoms with Gasteiger partial charge in [0.2, 0.25) is 0 Å². The summed E-state index contributed by atoms with van der Waals surface area (Å²) in [7, 11) is 0. The van der Waals surface area contributed by atoms with Crippen molar-refractivity contribution in [1.29, 1.82) is 0 Å². The van der Waals surface area contributed by atoms with Crippen molar-refractivity contribution in [3.05, 3.63) is 34.4 Å². The van der Waals surface area contributed by atoms with E-state index in [1.54, 1.807) is 0 Å². The van der Waals surface area contributed by atoms with E-state index >= 15 is 0 Å². The Balaban J connectivity index is 1.92. The van der Waals surface area contributed by atoms with Crippen LogP contribution >= 0.6 is 0 Å². The van der Waals surface area contributed by atoms with E-state index in [0.717, 1.165) is 26.3 Å². The van der Waals surface area contributed by atoms with Gasteiger partial charge in [-0.2, -0.15) is 0 Å². The van der Waals surface area contributed by atoms with E-state index in [-0.39, 0.29) is 0 Å². The predicted octanol–water partition coefficient (Wildman–Crippen LogP) is 2.74. The fourth-order valence-electron chi connectivity index (χ4n) is 2.26. The van der Waals surface area contributed by atoms with Gasteiger partial charge in [0.25, 0.3) is 0 Å². The summed E-state index contributed by atoms with van der Waals surface area (Å²) < 4.78 is 5.26. The molecule has 0 bridgehead atoms. The van der Waals surface area contributed by atoms with Crippen LogP contribution in [0.5, 0.6) is 0 Å². The number of hydrogen-bond acceptors (Lipinski definition) is 2. The molecule has 1 aliphatic heterocycles. The van der Waals surface area contributed by atoms with Crippen LogP contribution in [-0.2, 0) is 11.3 Å². The van der Waals surface area contributed by atoms with Crippen molar-refractivity contribution in [3.8, 4) is 0 Å². The summed E-state index contributed by atoms with van der Waals surface area (Å²) in [5.41, 5.74) is 5.91. The monoisotopic (exact) mass is 233 g/mol. The lowest BCUT2D eigenvalue weighted by Gasteiger charge is -2.38. The first-order chi connectivity index (χ1) is 8.00. The summed E-state index contributed by atoms with van der Waals surface area (Å²) in [5.74, 6) is 0. The van der Waals surface area contributed by atoms with Crippen LogP contribution < -0.4 is 5.32 Å². The molecule has 0 radical (unpaired) electrons. The van der Waals surface area contributed by atoms with Gasteiger partial charge < -0.3 is 10.1 Å². The molecule has 1 N–H and O–H groups in total. The fraction of sp³-hybridized carbons (Fsp3) is 0.600. The van der Waals surface area contributed by atoms with Crippen LogP contribution in [0, 0.1) is 26.2 Å². The molecule has 2 nitrogen and oxygen atoms in total. The highest BCUT2D eigenvalue weighted by molar-refractivity contribution is 5.36. The fourth-order valence-corrected chi connectivity index (χ4v) is 2.26. The molecule has 0 aromatic heterocycles. The maximum absolute atomic E-state index is 5.26. The van der Waals surface area contributed by atoms with Crippen LogP contribution in [-0.4, -0.2) is 19.8 Å². The average Bonchev–Trinajstić information content (AvgIpc) is 2.23. The summed E-state index contributed by atoms with van der Waals surface area (Å²) in [4.78, 5) is 0. The molecule has 1 aliphatic rings. The van der Waals surface area contributed by atoms with Crippen molar-refractivity contribution in [3.63, 3.8) is 0 Å². The number of benzene rings is 1. The third-order valence-corrected chi connectivity index (χ3v) is 3.72. The van der Waals surface area contributed by atoms with Crippen LogP contribution in [0.25, 0.3) is 0 Å².